The maximum Gasteiger partial charge on any atom is 0.252 e. The number of carbonyl (C=O) groups excluding carboxylic acids is 1. The van der Waals surface area contributed by atoms with Gasteiger partial charge in [-0.05, 0) is 52.9 Å². The van der Waals surface area contributed by atoms with Gasteiger partial charge in [-0.15, -0.1) is 0 Å². The lowest BCUT2D eigenvalue weighted by atomic mass is 9.84. The molecule has 1 aromatic carbocycles. The fourth-order valence-electron chi connectivity index (χ4n) is 2.58. The maximum atomic E-state index is 13.4. The Morgan fingerprint density at radius 1 is 1.40 bits per heavy atom. The van der Waals surface area contributed by atoms with Crippen LogP contribution in [0.2, 0.25) is 0 Å². The Morgan fingerprint density at radius 2 is 2.10 bits per heavy atom. The second kappa shape index (κ2) is 6.85. The van der Waals surface area contributed by atoms with Gasteiger partial charge < -0.3 is 5.32 Å². The van der Waals surface area contributed by atoms with Crippen molar-refractivity contribution in [1.29, 1.82) is 5.26 Å². The monoisotopic (exact) mass is 338 g/mol. The molecule has 0 aromatic heterocycles. The first kappa shape index (κ1) is 15.0. The number of carbonyl (C=O) groups is 1. The summed E-state index contributed by atoms with van der Waals surface area (Å²) in [6, 6.07) is 5.88. The van der Waals surface area contributed by atoms with Gasteiger partial charge in [-0.3, -0.25) is 4.79 Å². The van der Waals surface area contributed by atoms with Gasteiger partial charge in [-0.2, -0.15) is 5.26 Å². The summed E-state index contributed by atoms with van der Waals surface area (Å²) in [5, 5.41) is 11.9. The molecule has 0 aliphatic heterocycles. The van der Waals surface area contributed by atoms with Crippen LogP contribution in [0.4, 0.5) is 4.39 Å². The van der Waals surface area contributed by atoms with E-state index in [1.54, 1.807) is 0 Å². The van der Waals surface area contributed by atoms with Crippen LogP contribution in [0.1, 0.15) is 42.5 Å². The summed E-state index contributed by atoms with van der Waals surface area (Å²) in [7, 11) is 0. The van der Waals surface area contributed by atoms with Crippen LogP contribution in [-0.4, -0.2) is 11.9 Å². The zero-order chi connectivity index (χ0) is 14.5. The summed E-state index contributed by atoms with van der Waals surface area (Å²) in [6.07, 6.45) is 5.33. The van der Waals surface area contributed by atoms with Crippen molar-refractivity contribution in [3.8, 4) is 6.07 Å². The van der Waals surface area contributed by atoms with E-state index >= 15 is 0 Å². The van der Waals surface area contributed by atoms with Crippen molar-refractivity contribution in [3.63, 3.8) is 0 Å². The summed E-state index contributed by atoms with van der Waals surface area (Å²) in [6.45, 7) is 0. The topological polar surface area (TPSA) is 52.9 Å². The third-order valence-corrected chi connectivity index (χ3v) is 4.37. The summed E-state index contributed by atoms with van der Waals surface area (Å²) in [5.74, 6) is -0.671. The van der Waals surface area contributed by atoms with E-state index in [1.165, 1.54) is 24.6 Å². The lowest BCUT2D eigenvalue weighted by Gasteiger charge is -2.26. The molecule has 1 fully saturated rings. The van der Waals surface area contributed by atoms with Crippen molar-refractivity contribution >= 4 is 21.8 Å². The Hall–Kier alpha value is -1.41. The van der Waals surface area contributed by atoms with Crippen LogP contribution >= 0.6 is 15.9 Å². The number of nitrogens with one attached hydrogen (secondary N) is 1. The number of nitrogens with zero attached hydrogens (tertiary/aromatic N) is 1. The molecule has 1 unspecified atom stereocenters. The molecule has 0 saturated heterocycles. The minimum Gasteiger partial charge on any atom is -0.336 e. The van der Waals surface area contributed by atoms with E-state index in [2.05, 4.69) is 27.3 Å². The summed E-state index contributed by atoms with van der Waals surface area (Å²) in [4.78, 5) is 12.1. The van der Waals surface area contributed by atoms with Gasteiger partial charge in [-0.1, -0.05) is 19.3 Å². The Balaban J connectivity index is 2.05. The zero-order valence-electron chi connectivity index (χ0n) is 11.0. The van der Waals surface area contributed by atoms with Crippen molar-refractivity contribution in [2.24, 2.45) is 5.92 Å². The van der Waals surface area contributed by atoms with Gasteiger partial charge in [0.1, 0.15) is 11.9 Å². The number of amides is 1. The SMILES string of the molecule is N#CC(NC(=O)c1ccc(Br)c(F)c1)C1CCCCC1. The highest BCUT2D eigenvalue weighted by molar-refractivity contribution is 9.10. The Kier molecular flexibility index (Phi) is 5.13. The first-order valence-electron chi connectivity index (χ1n) is 6.77. The predicted molar refractivity (Wildman–Crippen MR) is 77.5 cm³/mol. The number of hydrogen-bond acceptors (Lipinski definition) is 2. The van der Waals surface area contributed by atoms with Gasteiger partial charge in [0.25, 0.3) is 5.91 Å². The van der Waals surface area contributed by atoms with Crippen molar-refractivity contribution in [1.82, 2.24) is 5.32 Å². The van der Waals surface area contributed by atoms with Gasteiger partial charge in [0.15, 0.2) is 0 Å². The van der Waals surface area contributed by atoms with E-state index in [1.807, 2.05) is 0 Å². The normalized spacial score (nSPS) is 17.2. The largest absolute Gasteiger partial charge is 0.336 e. The average Bonchev–Trinajstić information content (AvgIpc) is 2.48. The van der Waals surface area contributed by atoms with Crippen LogP contribution in [0.5, 0.6) is 0 Å². The van der Waals surface area contributed by atoms with E-state index < -0.39 is 17.8 Å². The third kappa shape index (κ3) is 3.57. The number of hydrogen-bond donors (Lipinski definition) is 1. The quantitative estimate of drug-likeness (QED) is 0.911. The Labute approximate surface area is 126 Å². The molecular formula is C15H16BrFN2O. The molecule has 5 heteroatoms. The number of rotatable bonds is 3. The van der Waals surface area contributed by atoms with Crippen molar-refractivity contribution < 1.29 is 9.18 Å². The fourth-order valence-corrected chi connectivity index (χ4v) is 2.83. The molecule has 1 atom stereocenters. The average molecular weight is 339 g/mol. The standard InChI is InChI=1S/C15H16BrFN2O/c16-12-7-6-11(8-13(12)17)15(20)19-14(9-18)10-4-2-1-3-5-10/h6-8,10,14H,1-5H2,(H,19,20). The molecule has 20 heavy (non-hydrogen) atoms. The molecule has 0 heterocycles. The molecule has 0 radical (unpaired) electrons. The minimum atomic E-state index is -0.491. The molecule has 1 amide bonds. The zero-order valence-corrected chi connectivity index (χ0v) is 12.6. The molecule has 1 saturated carbocycles. The van der Waals surface area contributed by atoms with Crippen molar-refractivity contribution in [2.75, 3.05) is 0 Å². The number of benzene rings is 1. The van der Waals surface area contributed by atoms with E-state index in [-0.39, 0.29) is 11.5 Å². The second-order valence-electron chi connectivity index (χ2n) is 5.11. The van der Waals surface area contributed by atoms with E-state index in [0.29, 0.717) is 4.47 Å². The lowest BCUT2D eigenvalue weighted by molar-refractivity contribution is 0.0928. The van der Waals surface area contributed by atoms with E-state index in [9.17, 15) is 14.4 Å². The third-order valence-electron chi connectivity index (χ3n) is 3.73. The van der Waals surface area contributed by atoms with Crippen LogP contribution in [0.15, 0.2) is 22.7 Å². The molecule has 1 aliphatic carbocycles. The molecule has 0 spiro atoms. The highest BCUT2D eigenvalue weighted by atomic mass is 79.9. The number of halogens is 2. The fraction of sp³-hybridized carbons (Fsp3) is 0.467. The Bertz CT molecular complexity index is 535. The summed E-state index contributed by atoms with van der Waals surface area (Å²) >= 11 is 3.05. The van der Waals surface area contributed by atoms with Gasteiger partial charge in [0.05, 0.1) is 10.5 Å². The highest BCUT2D eigenvalue weighted by Crippen LogP contribution is 2.26. The van der Waals surface area contributed by atoms with Gasteiger partial charge in [-0.25, -0.2) is 4.39 Å². The maximum absolute atomic E-state index is 13.4. The molecular weight excluding hydrogens is 323 g/mol. The van der Waals surface area contributed by atoms with Gasteiger partial charge >= 0.3 is 0 Å². The molecule has 1 N–H and O–H groups in total. The van der Waals surface area contributed by atoms with Crippen LogP contribution < -0.4 is 5.32 Å². The van der Waals surface area contributed by atoms with Crippen molar-refractivity contribution in [3.05, 3.63) is 34.1 Å². The molecule has 2 rings (SSSR count). The molecule has 3 nitrogen and oxygen atoms in total. The minimum absolute atomic E-state index is 0.206. The van der Waals surface area contributed by atoms with Gasteiger partial charge in [0.2, 0.25) is 0 Å². The molecule has 0 bridgehead atoms. The van der Waals surface area contributed by atoms with Gasteiger partial charge in [0, 0.05) is 5.56 Å². The van der Waals surface area contributed by atoms with Crippen LogP contribution in [0.3, 0.4) is 0 Å². The number of nitriles is 1. The van der Waals surface area contributed by atoms with E-state index in [4.69, 9.17) is 0 Å². The predicted octanol–water partition coefficient (Wildman–Crippen LogP) is 3.79. The highest BCUT2D eigenvalue weighted by Gasteiger charge is 2.25. The molecule has 1 aromatic rings. The lowest BCUT2D eigenvalue weighted by Crippen LogP contribution is -2.40. The molecule has 106 valence electrons. The Morgan fingerprint density at radius 3 is 2.70 bits per heavy atom. The first-order valence-corrected chi connectivity index (χ1v) is 7.56. The van der Waals surface area contributed by atoms with E-state index in [0.717, 1.165) is 25.7 Å². The first-order chi connectivity index (χ1) is 9.61. The smallest absolute Gasteiger partial charge is 0.252 e. The second-order valence-corrected chi connectivity index (χ2v) is 5.96. The van der Waals surface area contributed by atoms with Crippen LogP contribution in [0, 0.1) is 23.1 Å². The van der Waals surface area contributed by atoms with Crippen LogP contribution in [0.25, 0.3) is 0 Å². The molecule has 1 aliphatic rings. The summed E-state index contributed by atoms with van der Waals surface area (Å²) < 4.78 is 13.7. The van der Waals surface area contributed by atoms with Crippen molar-refractivity contribution in [2.45, 2.75) is 38.1 Å². The van der Waals surface area contributed by atoms with Crippen LogP contribution in [-0.2, 0) is 0 Å². The summed E-state index contributed by atoms with van der Waals surface area (Å²) in [5.41, 5.74) is 0.238.